The van der Waals surface area contributed by atoms with Crippen LogP contribution in [0.25, 0.3) is 0 Å². The van der Waals surface area contributed by atoms with Gasteiger partial charge in [-0.1, -0.05) is 0 Å². The summed E-state index contributed by atoms with van der Waals surface area (Å²) in [5, 5.41) is 25.5. The van der Waals surface area contributed by atoms with Crippen molar-refractivity contribution in [1.29, 1.82) is 0 Å². The van der Waals surface area contributed by atoms with Crippen LogP contribution in [-0.4, -0.2) is 93.5 Å². The van der Waals surface area contributed by atoms with Gasteiger partial charge in [0.25, 0.3) is 0 Å². The van der Waals surface area contributed by atoms with Crippen LogP contribution in [0.3, 0.4) is 0 Å². The second-order valence-electron chi connectivity index (χ2n) is 9.97. The van der Waals surface area contributed by atoms with Crippen molar-refractivity contribution in [3.63, 3.8) is 0 Å². The summed E-state index contributed by atoms with van der Waals surface area (Å²) in [7, 11) is 0. The third-order valence-corrected chi connectivity index (χ3v) is 8.83. The first-order valence-corrected chi connectivity index (χ1v) is 18.2. The van der Waals surface area contributed by atoms with Gasteiger partial charge in [-0.3, -0.25) is 4.79 Å². The molecule has 13 heteroatoms. The standard InChI is InChI=1S/C17H23NO3SSe.C11H13NSe.C5H9NO3S/c1-13(19)18-15(17(20)21)12-22-16(23)11-7-3-6-10-14-8-4-2-5-9-14;13-10-12-9-5-4-8-11-6-2-1-3-7-11;1-3(7)6-4(2-10)5(8)9/h2,4-5,8-9,15H,3,6-7,10-12H2,1H3,(H,18,19)(H,20,21);1-3,6-7H,4-5,8-9H2;4,10H,2H2,1H3,(H,6,7)(H,8,9)/p-2. The van der Waals surface area contributed by atoms with Crippen molar-refractivity contribution >= 4 is 87.8 Å². The van der Waals surface area contributed by atoms with E-state index in [2.05, 4.69) is 119 Å². The number of carboxylic acids is 2. The fraction of sp³-hybridized carbons (Fsp3) is 0.455. The van der Waals surface area contributed by atoms with Crippen LogP contribution in [0.2, 0.25) is 0 Å². The number of amides is 2. The molecule has 2 N–H and O–H groups in total. The molecule has 2 unspecified atom stereocenters. The molecule has 0 heterocycles. The van der Waals surface area contributed by atoms with E-state index in [1.807, 2.05) is 6.07 Å². The van der Waals surface area contributed by atoms with Crippen molar-refractivity contribution < 1.29 is 29.4 Å². The molecule has 252 valence electrons. The number of thioether (sulfide) groups is 1. The van der Waals surface area contributed by atoms with Gasteiger partial charge in [0.2, 0.25) is 5.91 Å². The van der Waals surface area contributed by atoms with Crippen molar-refractivity contribution in [2.45, 2.75) is 77.3 Å². The van der Waals surface area contributed by atoms with E-state index in [0.717, 1.165) is 55.2 Å². The predicted octanol–water partition coefficient (Wildman–Crippen LogP) is 1.33. The maximum atomic E-state index is 10.9. The van der Waals surface area contributed by atoms with Gasteiger partial charge in [0.1, 0.15) is 0 Å². The summed E-state index contributed by atoms with van der Waals surface area (Å²) in [5.74, 6) is -2.99. The van der Waals surface area contributed by atoms with Gasteiger partial charge in [0.15, 0.2) is 0 Å². The van der Waals surface area contributed by atoms with Gasteiger partial charge in [-0.2, -0.15) is 12.6 Å². The van der Waals surface area contributed by atoms with Crippen LogP contribution in [-0.2, 0) is 32.0 Å². The van der Waals surface area contributed by atoms with Crippen LogP contribution < -0.4 is 20.8 Å². The van der Waals surface area contributed by atoms with E-state index in [1.54, 1.807) is 0 Å². The van der Waals surface area contributed by atoms with Gasteiger partial charge < -0.3 is 15.2 Å². The van der Waals surface area contributed by atoms with Crippen molar-refractivity contribution in [3.8, 4) is 0 Å². The summed E-state index contributed by atoms with van der Waals surface area (Å²) in [5.41, 5.74) is 2.78. The van der Waals surface area contributed by atoms with E-state index in [4.69, 9.17) is 0 Å². The van der Waals surface area contributed by atoms with E-state index in [1.165, 1.54) is 43.2 Å². The number of rotatable bonds is 19. The molecule has 0 aliphatic carbocycles. The molecule has 46 heavy (non-hydrogen) atoms. The van der Waals surface area contributed by atoms with Gasteiger partial charge in [0, 0.05) is 12.7 Å². The Morgan fingerprint density at radius 3 is 1.70 bits per heavy atom. The molecule has 0 bridgehead atoms. The molecule has 0 aliphatic heterocycles. The van der Waals surface area contributed by atoms with E-state index < -0.39 is 29.9 Å². The molecule has 0 aromatic heterocycles. The molecular formula is C33H43N3O6S2Se2-2. The van der Waals surface area contributed by atoms with Crippen molar-refractivity contribution in [1.82, 2.24) is 10.6 Å². The summed E-state index contributed by atoms with van der Waals surface area (Å²) < 4.78 is 3.74. The molecule has 2 amide bonds. The quantitative estimate of drug-likeness (QED) is 0.0841. The number of hydrogen-bond donors (Lipinski definition) is 3. The summed E-state index contributed by atoms with van der Waals surface area (Å²) in [6, 6.07) is 19.1. The average molecular weight is 800 g/mol. The number of nitrogens with zero attached hydrogens (tertiary/aromatic N) is 1. The summed E-state index contributed by atoms with van der Waals surface area (Å²) in [6.07, 6.45) is 8.86. The molecule has 0 fully saturated rings. The average Bonchev–Trinajstić information content (AvgIpc) is 3.02. The third kappa shape index (κ3) is 25.7. The van der Waals surface area contributed by atoms with E-state index >= 15 is 0 Å². The molecule has 0 saturated heterocycles. The van der Waals surface area contributed by atoms with Crippen LogP contribution in [0.1, 0.15) is 63.5 Å². The Morgan fingerprint density at radius 2 is 1.28 bits per heavy atom. The molecule has 2 aromatic carbocycles. The second kappa shape index (κ2) is 28.7. The number of benzene rings is 2. The minimum atomic E-state index is -1.31. The monoisotopic (exact) mass is 801 g/mol. The first-order chi connectivity index (χ1) is 22.0. The van der Waals surface area contributed by atoms with Crippen molar-refractivity contribution in [2.75, 3.05) is 18.1 Å². The van der Waals surface area contributed by atoms with E-state index in [9.17, 15) is 29.4 Å². The zero-order valence-corrected chi connectivity index (χ0v) is 31.4. The zero-order chi connectivity index (χ0) is 34.6. The fourth-order valence-corrected chi connectivity index (χ4v) is 5.74. The minimum absolute atomic E-state index is 0.0436. The van der Waals surface area contributed by atoms with E-state index in [0.29, 0.717) is 0 Å². The Morgan fingerprint density at radius 1 is 0.804 bits per heavy atom. The Bertz CT molecular complexity index is 1230. The Kier molecular flexibility index (Phi) is 27.2. The van der Waals surface area contributed by atoms with Gasteiger partial charge in [-0.05, 0) is 0 Å². The number of hydrogen-bond acceptors (Lipinski definition) is 9. The van der Waals surface area contributed by atoms with Crippen LogP contribution in [0.5, 0.6) is 0 Å². The number of carbonyl (C=O) groups excluding carboxylic acids is 4. The Labute approximate surface area is 298 Å². The summed E-state index contributed by atoms with van der Waals surface area (Å²) in [4.78, 5) is 46.2. The topological polar surface area (TPSA) is 151 Å². The first-order valence-electron chi connectivity index (χ1n) is 14.8. The van der Waals surface area contributed by atoms with Gasteiger partial charge in [-0.15, -0.1) is 0 Å². The molecule has 0 aliphatic rings. The maximum absolute atomic E-state index is 10.9. The van der Waals surface area contributed by atoms with Crippen LogP contribution >= 0.6 is 24.4 Å². The number of carboxylic acid groups (broad SMARTS) is 2. The van der Waals surface area contributed by atoms with Crippen LogP contribution in [0.4, 0.5) is 0 Å². The summed E-state index contributed by atoms with van der Waals surface area (Å²) in [6.45, 7) is 3.43. The third-order valence-electron chi connectivity index (χ3n) is 6.00. The van der Waals surface area contributed by atoms with Crippen LogP contribution in [0, 0.1) is 0 Å². The number of aliphatic imine (C=N–C) groups is 1. The Hall–Kier alpha value is -2.49. The van der Waals surface area contributed by atoms with Crippen LogP contribution in [0.15, 0.2) is 65.7 Å². The zero-order valence-electron chi connectivity index (χ0n) is 26.3. The Balaban J connectivity index is 0.000000740. The molecule has 9 nitrogen and oxygen atoms in total. The molecule has 0 spiro atoms. The predicted molar refractivity (Wildman–Crippen MR) is 188 cm³/mol. The number of nitrogens with one attached hydrogen (secondary N) is 2. The summed E-state index contributed by atoms with van der Waals surface area (Å²) >= 11 is 10.8. The van der Waals surface area contributed by atoms with Gasteiger partial charge >= 0.3 is 237 Å². The van der Waals surface area contributed by atoms with Crippen molar-refractivity contribution in [3.05, 3.63) is 71.8 Å². The number of unbranched alkanes of at least 4 members (excludes halogenated alkanes) is 3. The van der Waals surface area contributed by atoms with Gasteiger partial charge in [-0.25, -0.2) is 0 Å². The number of carbonyl (C=O) groups is 4. The number of aliphatic carboxylic acids is 2. The molecule has 0 radical (unpaired) electrons. The SMILES string of the molecule is CC(=O)NC(CS)C(=O)[O-].CC(=O)NC(CSC(=[Se])CCCCCc1ccccc1)C(=O)[O-].[Se]=C=NCCCCc1ccccc1. The second-order valence-corrected chi connectivity index (χ2v) is 13.5. The molecule has 0 saturated carbocycles. The molecule has 2 aromatic rings. The fourth-order valence-electron chi connectivity index (χ4n) is 3.72. The molecule has 2 atom stereocenters. The molecule has 2 rings (SSSR count). The number of aryl methyl sites for hydroxylation is 2. The van der Waals surface area contributed by atoms with E-state index in [-0.39, 0.29) is 17.4 Å². The number of thiol groups is 1. The molecular weight excluding hydrogens is 756 g/mol. The van der Waals surface area contributed by atoms with Crippen molar-refractivity contribution in [2.24, 2.45) is 4.99 Å². The van der Waals surface area contributed by atoms with Gasteiger partial charge in [0.05, 0.1) is 12.0 Å². The first kappa shape index (κ1) is 43.5. The normalized spacial score (nSPS) is 11.1.